The first-order valence-electron chi connectivity index (χ1n) is 4.49. The van der Waals surface area contributed by atoms with Crippen molar-refractivity contribution in [3.63, 3.8) is 0 Å². The zero-order chi connectivity index (χ0) is 9.42. The Morgan fingerprint density at radius 2 is 2.31 bits per heavy atom. The van der Waals surface area contributed by atoms with Gasteiger partial charge in [0.05, 0.1) is 12.2 Å². The molecule has 2 bridgehead atoms. The van der Waals surface area contributed by atoms with Crippen LogP contribution in [-0.4, -0.2) is 12.6 Å². The van der Waals surface area contributed by atoms with Crippen molar-refractivity contribution in [2.45, 2.75) is 13.3 Å². The maximum Gasteiger partial charge on any atom is 0.335 e. The van der Waals surface area contributed by atoms with Crippen molar-refractivity contribution in [2.75, 3.05) is 6.61 Å². The Morgan fingerprint density at radius 3 is 2.85 bits per heavy atom. The Hall–Kier alpha value is -0.570. The molecule has 0 radical (unpaired) electrons. The molecule has 0 saturated heterocycles. The number of halogens is 1. The van der Waals surface area contributed by atoms with E-state index in [1.165, 1.54) is 0 Å². The van der Waals surface area contributed by atoms with E-state index in [1.54, 1.807) is 0 Å². The van der Waals surface area contributed by atoms with Gasteiger partial charge in [-0.15, -0.1) is 0 Å². The maximum atomic E-state index is 11.5. The van der Waals surface area contributed by atoms with E-state index in [0.29, 0.717) is 18.4 Å². The summed E-state index contributed by atoms with van der Waals surface area (Å²) in [5, 5.41) is 0. The molecule has 2 rings (SSSR count). The van der Waals surface area contributed by atoms with Crippen molar-refractivity contribution >= 4 is 21.9 Å². The lowest BCUT2D eigenvalue weighted by atomic mass is 10.0. The van der Waals surface area contributed by atoms with Gasteiger partial charge in [-0.3, -0.25) is 0 Å². The van der Waals surface area contributed by atoms with Gasteiger partial charge < -0.3 is 4.74 Å². The van der Waals surface area contributed by atoms with Gasteiger partial charge in [0.2, 0.25) is 0 Å². The molecule has 0 aromatic rings. The molecule has 0 saturated carbocycles. The van der Waals surface area contributed by atoms with E-state index < -0.39 is 0 Å². The fourth-order valence-electron chi connectivity index (χ4n) is 1.94. The fraction of sp³-hybridized carbons (Fsp3) is 0.500. The number of hydrogen-bond donors (Lipinski definition) is 0. The van der Waals surface area contributed by atoms with Gasteiger partial charge in [-0.2, -0.15) is 0 Å². The first-order valence-corrected chi connectivity index (χ1v) is 5.28. The Morgan fingerprint density at radius 1 is 1.62 bits per heavy atom. The lowest BCUT2D eigenvalue weighted by molar-refractivity contribution is -0.138. The van der Waals surface area contributed by atoms with E-state index in [-0.39, 0.29) is 5.97 Å². The molecule has 3 heteroatoms. The second kappa shape index (κ2) is 3.29. The Kier molecular flexibility index (Phi) is 2.28. The van der Waals surface area contributed by atoms with Gasteiger partial charge in [-0.1, -0.05) is 28.1 Å². The summed E-state index contributed by atoms with van der Waals surface area (Å²) in [6, 6.07) is 0. The Balaban J connectivity index is 2.20. The Labute approximate surface area is 85.8 Å². The van der Waals surface area contributed by atoms with E-state index in [2.05, 4.69) is 28.1 Å². The summed E-state index contributed by atoms with van der Waals surface area (Å²) in [6.45, 7) is 2.28. The molecule has 0 amide bonds. The van der Waals surface area contributed by atoms with E-state index in [4.69, 9.17) is 4.74 Å². The molecule has 0 aliphatic heterocycles. The van der Waals surface area contributed by atoms with Crippen molar-refractivity contribution in [3.05, 3.63) is 22.2 Å². The SMILES string of the molecule is CCOC(=O)C1=C(Br)C2C=CC1C2. The fourth-order valence-corrected chi connectivity index (χ4v) is 2.73. The molecule has 2 aliphatic rings. The van der Waals surface area contributed by atoms with E-state index in [0.717, 1.165) is 16.5 Å². The second-order valence-electron chi connectivity index (χ2n) is 3.32. The van der Waals surface area contributed by atoms with Crippen LogP contribution in [0.15, 0.2) is 22.2 Å². The van der Waals surface area contributed by atoms with Crippen molar-refractivity contribution in [1.29, 1.82) is 0 Å². The Bertz CT molecular complexity index is 304. The van der Waals surface area contributed by atoms with E-state index >= 15 is 0 Å². The summed E-state index contributed by atoms with van der Waals surface area (Å²) in [4.78, 5) is 11.5. The van der Waals surface area contributed by atoms with Gasteiger partial charge in [-0.05, 0) is 13.3 Å². The van der Waals surface area contributed by atoms with Crippen LogP contribution in [0.4, 0.5) is 0 Å². The van der Waals surface area contributed by atoms with Crippen LogP contribution in [0.1, 0.15) is 13.3 Å². The number of fused-ring (bicyclic) bond motifs is 2. The quantitative estimate of drug-likeness (QED) is 0.549. The van der Waals surface area contributed by atoms with E-state index in [9.17, 15) is 4.79 Å². The zero-order valence-corrected chi connectivity index (χ0v) is 9.00. The highest BCUT2D eigenvalue weighted by Gasteiger charge is 2.38. The van der Waals surface area contributed by atoms with Crippen LogP contribution < -0.4 is 0 Å². The monoisotopic (exact) mass is 242 g/mol. The summed E-state index contributed by atoms with van der Waals surface area (Å²) >= 11 is 3.46. The number of hydrogen-bond acceptors (Lipinski definition) is 2. The van der Waals surface area contributed by atoms with Gasteiger partial charge in [0.1, 0.15) is 0 Å². The molecule has 0 spiro atoms. The number of esters is 1. The topological polar surface area (TPSA) is 26.3 Å². The number of allylic oxidation sites excluding steroid dienone is 3. The average Bonchev–Trinajstić information content (AvgIpc) is 2.63. The zero-order valence-electron chi connectivity index (χ0n) is 7.42. The summed E-state index contributed by atoms with van der Waals surface area (Å²) < 4.78 is 6.01. The summed E-state index contributed by atoms with van der Waals surface area (Å²) in [5.41, 5.74) is 0.828. The van der Waals surface area contributed by atoms with Crippen LogP contribution in [0, 0.1) is 11.8 Å². The molecule has 0 heterocycles. The molecule has 0 aromatic heterocycles. The molecule has 70 valence electrons. The van der Waals surface area contributed by atoms with Crippen molar-refractivity contribution in [1.82, 2.24) is 0 Å². The highest BCUT2D eigenvalue weighted by Crippen LogP contribution is 2.46. The molecular weight excluding hydrogens is 232 g/mol. The minimum Gasteiger partial charge on any atom is -0.463 e. The molecule has 2 nitrogen and oxygen atoms in total. The first kappa shape index (κ1) is 9.00. The standard InChI is InChI=1S/C10H11BrO2/c1-2-13-10(12)8-6-3-4-7(5-6)9(8)11/h3-4,6-7H,2,5H2,1H3. The van der Waals surface area contributed by atoms with Gasteiger partial charge in [0, 0.05) is 16.3 Å². The normalized spacial score (nSPS) is 30.0. The lowest BCUT2D eigenvalue weighted by Gasteiger charge is -2.10. The third kappa shape index (κ3) is 1.35. The smallest absolute Gasteiger partial charge is 0.335 e. The molecule has 0 aromatic carbocycles. The van der Waals surface area contributed by atoms with E-state index in [1.807, 2.05) is 6.92 Å². The minimum atomic E-state index is -0.161. The van der Waals surface area contributed by atoms with Crippen LogP contribution in [0.25, 0.3) is 0 Å². The number of carbonyl (C=O) groups is 1. The van der Waals surface area contributed by atoms with Gasteiger partial charge in [-0.25, -0.2) is 4.79 Å². The number of ether oxygens (including phenoxy) is 1. The largest absolute Gasteiger partial charge is 0.463 e. The average molecular weight is 243 g/mol. The molecule has 2 atom stereocenters. The molecule has 13 heavy (non-hydrogen) atoms. The van der Waals surface area contributed by atoms with Gasteiger partial charge >= 0.3 is 5.97 Å². The molecule has 2 unspecified atom stereocenters. The number of rotatable bonds is 2. The molecule has 0 N–H and O–H groups in total. The second-order valence-corrected chi connectivity index (χ2v) is 4.17. The van der Waals surface area contributed by atoms with Crippen molar-refractivity contribution in [2.24, 2.45) is 11.8 Å². The highest BCUT2D eigenvalue weighted by atomic mass is 79.9. The van der Waals surface area contributed by atoms with Gasteiger partial charge in [0.15, 0.2) is 0 Å². The predicted molar refractivity (Wildman–Crippen MR) is 53.3 cm³/mol. The highest BCUT2D eigenvalue weighted by molar-refractivity contribution is 9.11. The van der Waals surface area contributed by atoms with Crippen molar-refractivity contribution in [3.8, 4) is 0 Å². The van der Waals surface area contributed by atoms with Crippen LogP contribution >= 0.6 is 15.9 Å². The van der Waals surface area contributed by atoms with Crippen molar-refractivity contribution < 1.29 is 9.53 Å². The van der Waals surface area contributed by atoms with Crippen LogP contribution in [-0.2, 0) is 9.53 Å². The third-order valence-corrected chi connectivity index (χ3v) is 3.55. The number of carbonyl (C=O) groups excluding carboxylic acids is 1. The minimum absolute atomic E-state index is 0.161. The molecular formula is C10H11BrO2. The summed E-state index contributed by atoms with van der Waals surface area (Å²) in [5.74, 6) is 0.550. The molecule has 2 aliphatic carbocycles. The summed E-state index contributed by atoms with van der Waals surface area (Å²) in [7, 11) is 0. The van der Waals surface area contributed by atoms with Crippen LogP contribution in [0.5, 0.6) is 0 Å². The third-order valence-electron chi connectivity index (χ3n) is 2.53. The van der Waals surface area contributed by atoms with Crippen LogP contribution in [0.3, 0.4) is 0 Å². The molecule has 0 fully saturated rings. The van der Waals surface area contributed by atoms with Crippen LogP contribution in [0.2, 0.25) is 0 Å². The van der Waals surface area contributed by atoms with Gasteiger partial charge in [0.25, 0.3) is 0 Å². The maximum absolute atomic E-state index is 11.5. The summed E-state index contributed by atoms with van der Waals surface area (Å²) in [6.07, 6.45) is 5.29. The first-order chi connectivity index (χ1) is 6.24. The predicted octanol–water partition coefficient (Wildman–Crippen LogP) is 2.40. The lowest BCUT2D eigenvalue weighted by Crippen LogP contribution is -2.12.